The molecule has 0 atom stereocenters. The Kier molecular flexibility index (Phi) is 3.37. The summed E-state index contributed by atoms with van der Waals surface area (Å²) in [7, 11) is 1.38. The molecule has 3 rings (SSSR count). The zero-order chi connectivity index (χ0) is 15.0. The van der Waals surface area contributed by atoms with Gasteiger partial charge in [0.2, 0.25) is 0 Å². The summed E-state index contributed by atoms with van der Waals surface area (Å²) in [5, 5.41) is 2.13. The molecule has 0 radical (unpaired) electrons. The first-order valence-corrected chi connectivity index (χ1v) is 7.08. The third kappa shape index (κ3) is 2.37. The fourth-order valence-electron chi connectivity index (χ4n) is 2.66. The van der Waals surface area contributed by atoms with Crippen molar-refractivity contribution in [1.29, 1.82) is 0 Å². The van der Waals surface area contributed by atoms with Gasteiger partial charge >= 0.3 is 5.97 Å². The van der Waals surface area contributed by atoms with Crippen LogP contribution in [0.3, 0.4) is 0 Å². The lowest BCUT2D eigenvalue weighted by atomic mass is 10.0. The number of H-pyrrole nitrogens is 1. The number of hydrogen-bond donors (Lipinski definition) is 1. The molecule has 0 saturated heterocycles. The Labute approximate surface area is 123 Å². The second-order valence-electron chi connectivity index (χ2n) is 5.64. The molecule has 0 unspecified atom stereocenters. The highest BCUT2D eigenvalue weighted by Gasteiger charge is 2.16. The predicted molar refractivity (Wildman–Crippen MR) is 83.5 cm³/mol. The topological polar surface area (TPSA) is 55.0 Å². The average Bonchev–Trinajstić information content (AvgIpc) is 2.85. The number of rotatable bonds is 3. The standard InChI is InChI=1S/C17H18N2O2/c1-10(2)8-14-16-12(9-15(18-14)17(20)21-3)11-6-4-5-7-13(11)19-16/h4-7,9-10,19H,8H2,1-3H3. The smallest absolute Gasteiger partial charge is 0.356 e. The first-order chi connectivity index (χ1) is 10.1. The third-order valence-corrected chi connectivity index (χ3v) is 3.57. The fraction of sp³-hybridized carbons (Fsp3) is 0.294. The minimum absolute atomic E-state index is 0.366. The lowest BCUT2D eigenvalue weighted by molar-refractivity contribution is 0.0594. The fourth-order valence-corrected chi connectivity index (χ4v) is 2.66. The van der Waals surface area contributed by atoms with Crippen LogP contribution in [0.25, 0.3) is 21.8 Å². The van der Waals surface area contributed by atoms with Crippen LogP contribution in [-0.2, 0) is 11.2 Å². The summed E-state index contributed by atoms with van der Waals surface area (Å²) in [5.74, 6) is 0.0622. The zero-order valence-corrected chi connectivity index (χ0v) is 12.4. The monoisotopic (exact) mass is 282 g/mol. The second kappa shape index (κ2) is 5.20. The Balaban J connectivity index is 2.33. The Morgan fingerprint density at radius 3 is 2.76 bits per heavy atom. The van der Waals surface area contributed by atoms with Gasteiger partial charge < -0.3 is 9.72 Å². The van der Waals surface area contributed by atoms with E-state index in [9.17, 15) is 4.79 Å². The van der Waals surface area contributed by atoms with Crippen molar-refractivity contribution in [2.75, 3.05) is 7.11 Å². The Hall–Kier alpha value is -2.36. The van der Waals surface area contributed by atoms with Gasteiger partial charge in [-0.1, -0.05) is 32.0 Å². The van der Waals surface area contributed by atoms with Crippen LogP contribution in [0, 0.1) is 5.92 Å². The van der Waals surface area contributed by atoms with Crippen molar-refractivity contribution in [3.8, 4) is 0 Å². The number of aromatic amines is 1. The van der Waals surface area contributed by atoms with Crippen LogP contribution in [0.4, 0.5) is 0 Å². The van der Waals surface area contributed by atoms with Gasteiger partial charge in [0.15, 0.2) is 0 Å². The number of nitrogens with one attached hydrogen (secondary N) is 1. The molecule has 0 amide bonds. The number of hydrogen-bond acceptors (Lipinski definition) is 3. The normalized spacial score (nSPS) is 11.4. The van der Waals surface area contributed by atoms with Crippen molar-refractivity contribution in [1.82, 2.24) is 9.97 Å². The molecule has 0 bridgehead atoms. The molecule has 21 heavy (non-hydrogen) atoms. The number of methoxy groups -OCH3 is 1. The highest BCUT2D eigenvalue weighted by atomic mass is 16.5. The molecular formula is C17H18N2O2. The van der Waals surface area contributed by atoms with E-state index in [4.69, 9.17) is 4.74 Å². The average molecular weight is 282 g/mol. The van der Waals surface area contributed by atoms with Crippen LogP contribution in [-0.4, -0.2) is 23.0 Å². The van der Waals surface area contributed by atoms with Gasteiger partial charge in [0.25, 0.3) is 0 Å². The minimum Gasteiger partial charge on any atom is -0.464 e. The lowest BCUT2D eigenvalue weighted by Crippen LogP contribution is -2.08. The van der Waals surface area contributed by atoms with Gasteiger partial charge in [-0.25, -0.2) is 9.78 Å². The molecule has 4 heteroatoms. The van der Waals surface area contributed by atoms with Gasteiger partial charge in [-0.05, 0) is 24.5 Å². The molecule has 0 saturated carbocycles. The van der Waals surface area contributed by atoms with E-state index in [1.807, 2.05) is 30.3 Å². The van der Waals surface area contributed by atoms with E-state index in [-0.39, 0.29) is 0 Å². The van der Waals surface area contributed by atoms with Crippen molar-refractivity contribution < 1.29 is 9.53 Å². The zero-order valence-electron chi connectivity index (χ0n) is 12.4. The van der Waals surface area contributed by atoms with E-state index < -0.39 is 5.97 Å². The first-order valence-electron chi connectivity index (χ1n) is 7.08. The van der Waals surface area contributed by atoms with Crippen molar-refractivity contribution in [3.63, 3.8) is 0 Å². The number of ether oxygens (including phenoxy) is 1. The summed E-state index contributed by atoms with van der Waals surface area (Å²) < 4.78 is 4.82. The summed E-state index contributed by atoms with van der Waals surface area (Å²) in [6, 6.07) is 9.88. The Morgan fingerprint density at radius 2 is 2.05 bits per heavy atom. The number of pyridine rings is 1. The number of nitrogens with zero attached hydrogens (tertiary/aromatic N) is 1. The van der Waals surface area contributed by atoms with Crippen molar-refractivity contribution in [3.05, 3.63) is 41.7 Å². The molecule has 1 N–H and O–H groups in total. The maximum atomic E-state index is 11.9. The molecule has 2 aromatic heterocycles. The molecular weight excluding hydrogens is 264 g/mol. The number of carbonyl (C=O) groups excluding carboxylic acids is 1. The van der Waals surface area contributed by atoms with Gasteiger partial charge in [0, 0.05) is 16.3 Å². The first kappa shape index (κ1) is 13.6. The highest BCUT2D eigenvalue weighted by molar-refractivity contribution is 6.09. The van der Waals surface area contributed by atoms with Crippen LogP contribution in [0.2, 0.25) is 0 Å². The van der Waals surface area contributed by atoms with Gasteiger partial charge in [-0.3, -0.25) is 0 Å². The second-order valence-corrected chi connectivity index (χ2v) is 5.64. The van der Waals surface area contributed by atoms with Gasteiger partial charge in [-0.2, -0.15) is 0 Å². The van der Waals surface area contributed by atoms with Crippen molar-refractivity contribution in [2.24, 2.45) is 5.92 Å². The summed E-state index contributed by atoms with van der Waals surface area (Å²) >= 11 is 0. The molecule has 0 aliphatic rings. The Morgan fingerprint density at radius 1 is 1.29 bits per heavy atom. The largest absolute Gasteiger partial charge is 0.464 e. The van der Waals surface area contributed by atoms with Gasteiger partial charge in [-0.15, -0.1) is 0 Å². The molecule has 108 valence electrons. The number of benzene rings is 1. The van der Waals surface area contributed by atoms with Crippen LogP contribution < -0.4 is 0 Å². The van der Waals surface area contributed by atoms with E-state index in [2.05, 4.69) is 23.8 Å². The van der Waals surface area contributed by atoms with E-state index in [1.54, 1.807) is 0 Å². The van der Waals surface area contributed by atoms with E-state index in [0.29, 0.717) is 11.6 Å². The molecule has 1 aromatic carbocycles. The predicted octanol–water partition coefficient (Wildman–Crippen LogP) is 3.70. The van der Waals surface area contributed by atoms with Crippen LogP contribution in [0.1, 0.15) is 30.0 Å². The van der Waals surface area contributed by atoms with E-state index in [0.717, 1.165) is 33.9 Å². The Bertz CT molecular complexity index is 818. The molecule has 4 nitrogen and oxygen atoms in total. The number of fused-ring (bicyclic) bond motifs is 3. The molecule has 0 fully saturated rings. The summed E-state index contributed by atoms with van der Waals surface area (Å²) in [6.07, 6.45) is 0.814. The maximum absolute atomic E-state index is 11.9. The lowest BCUT2D eigenvalue weighted by Gasteiger charge is -2.08. The van der Waals surface area contributed by atoms with Crippen molar-refractivity contribution in [2.45, 2.75) is 20.3 Å². The minimum atomic E-state index is -0.396. The summed E-state index contributed by atoms with van der Waals surface area (Å²) in [6.45, 7) is 4.28. The molecule has 0 aliphatic carbocycles. The number of para-hydroxylation sites is 1. The number of esters is 1. The van der Waals surface area contributed by atoms with E-state index >= 15 is 0 Å². The van der Waals surface area contributed by atoms with E-state index in [1.165, 1.54) is 7.11 Å². The molecule has 0 spiro atoms. The molecule has 2 heterocycles. The number of aromatic nitrogens is 2. The third-order valence-electron chi connectivity index (χ3n) is 3.57. The summed E-state index contributed by atoms with van der Waals surface area (Å²) in [5.41, 5.74) is 3.35. The maximum Gasteiger partial charge on any atom is 0.356 e. The van der Waals surface area contributed by atoms with Gasteiger partial charge in [0.1, 0.15) is 5.69 Å². The van der Waals surface area contributed by atoms with Crippen molar-refractivity contribution >= 4 is 27.8 Å². The highest BCUT2D eigenvalue weighted by Crippen LogP contribution is 2.28. The van der Waals surface area contributed by atoms with Crippen LogP contribution in [0.15, 0.2) is 30.3 Å². The van der Waals surface area contributed by atoms with Crippen LogP contribution in [0.5, 0.6) is 0 Å². The quantitative estimate of drug-likeness (QED) is 0.745. The molecule has 3 aromatic rings. The van der Waals surface area contributed by atoms with Crippen LogP contribution >= 0.6 is 0 Å². The van der Waals surface area contributed by atoms with Gasteiger partial charge in [0.05, 0.1) is 18.3 Å². The molecule has 0 aliphatic heterocycles. The number of carbonyl (C=O) groups is 1. The SMILES string of the molecule is COC(=O)c1cc2c([nH]c3ccccc32)c(CC(C)C)n1. The summed E-state index contributed by atoms with van der Waals surface area (Å²) in [4.78, 5) is 19.8.